The van der Waals surface area contributed by atoms with Gasteiger partial charge in [-0.1, -0.05) is 6.07 Å². The fourth-order valence-electron chi connectivity index (χ4n) is 3.48. The predicted molar refractivity (Wildman–Crippen MR) is 109 cm³/mol. The second kappa shape index (κ2) is 9.07. The van der Waals surface area contributed by atoms with Crippen LogP contribution < -0.4 is 10.1 Å². The molecule has 29 heavy (non-hydrogen) atoms. The minimum absolute atomic E-state index is 0.156. The molecule has 0 spiro atoms. The predicted octanol–water partition coefficient (Wildman–Crippen LogP) is 3.20. The Morgan fingerprint density at radius 2 is 2.14 bits per heavy atom. The highest BCUT2D eigenvalue weighted by Crippen LogP contribution is 2.23. The van der Waals surface area contributed by atoms with Gasteiger partial charge in [0.05, 0.1) is 19.8 Å². The van der Waals surface area contributed by atoms with Gasteiger partial charge in [0, 0.05) is 48.6 Å². The topological polar surface area (TPSA) is 85.5 Å². The molecule has 0 atom stereocenters. The van der Waals surface area contributed by atoms with Crippen LogP contribution in [-0.2, 0) is 22.6 Å². The minimum atomic E-state index is -0.156. The molecule has 2 aromatic heterocycles. The van der Waals surface area contributed by atoms with Crippen LogP contribution in [0.5, 0.6) is 5.75 Å². The Labute approximate surface area is 169 Å². The molecule has 0 saturated carbocycles. The smallest absolute Gasteiger partial charge is 0.267 e. The molecule has 1 aliphatic rings. The number of H-pyrrole nitrogens is 1. The first-order chi connectivity index (χ1) is 14.2. The maximum absolute atomic E-state index is 12.5. The lowest BCUT2D eigenvalue weighted by atomic mass is 10.1. The highest BCUT2D eigenvalue weighted by atomic mass is 16.5. The van der Waals surface area contributed by atoms with Gasteiger partial charge in [-0.3, -0.25) is 9.78 Å². The van der Waals surface area contributed by atoms with Gasteiger partial charge < -0.3 is 24.5 Å². The molecule has 0 aliphatic carbocycles. The SMILES string of the molecule is COc1ccc(CNC(=O)c2cc3cnccc3[nH]2)cc1COC1CCOCC1. The van der Waals surface area contributed by atoms with E-state index in [1.54, 1.807) is 25.6 Å². The zero-order chi connectivity index (χ0) is 20.1. The summed E-state index contributed by atoms with van der Waals surface area (Å²) in [6.45, 7) is 2.39. The molecule has 2 N–H and O–H groups in total. The first-order valence-corrected chi connectivity index (χ1v) is 9.79. The van der Waals surface area contributed by atoms with E-state index < -0.39 is 0 Å². The van der Waals surface area contributed by atoms with Crippen molar-refractivity contribution in [1.29, 1.82) is 0 Å². The third-order valence-corrected chi connectivity index (χ3v) is 5.11. The van der Waals surface area contributed by atoms with Crippen molar-refractivity contribution in [2.75, 3.05) is 20.3 Å². The monoisotopic (exact) mass is 395 g/mol. The number of benzene rings is 1. The quantitative estimate of drug-likeness (QED) is 0.642. The first kappa shape index (κ1) is 19.4. The maximum Gasteiger partial charge on any atom is 0.267 e. The summed E-state index contributed by atoms with van der Waals surface area (Å²) in [6.07, 6.45) is 5.47. The van der Waals surface area contributed by atoms with Crippen LogP contribution >= 0.6 is 0 Å². The molecule has 1 amide bonds. The van der Waals surface area contributed by atoms with Crippen molar-refractivity contribution >= 4 is 16.8 Å². The van der Waals surface area contributed by atoms with Crippen LogP contribution in [0.3, 0.4) is 0 Å². The summed E-state index contributed by atoms with van der Waals surface area (Å²) < 4.78 is 16.9. The third-order valence-electron chi connectivity index (χ3n) is 5.11. The average molecular weight is 395 g/mol. The van der Waals surface area contributed by atoms with E-state index in [4.69, 9.17) is 14.2 Å². The summed E-state index contributed by atoms with van der Waals surface area (Å²) in [5.41, 5.74) is 3.37. The molecular weight excluding hydrogens is 370 g/mol. The number of aromatic nitrogens is 2. The number of ether oxygens (including phenoxy) is 3. The van der Waals surface area contributed by atoms with Gasteiger partial charge in [-0.15, -0.1) is 0 Å². The molecule has 1 fully saturated rings. The number of methoxy groups -OCH3 is 1. The van der Waals surface area contributed by atoms with E-state index in [1.807, 2.05) is 24.3 Å². The number of nitrogens with one attached hydrogen (secondary N) is 2. The lowest BCUT2D eigenvalue weighted by Crippen LogP contribution is -2.24. The molecule has 1 aromatic carbocycles. The number of nitrogens with zero attached hydrogens (tertiary/aromatic N) is 1. The standard InChI is InChI=1S/C22H25N3O4/c1-27-21-3-2-15(10-17(21)14-29-18-5-8-28-9-6-18)12-24-22(26)20-11-16-13-23-7-4-19(16)25-20/h2-4,7,10-11,13,18,25H,5-6,8-9,12,14H2,1H3,(H,24,26). The fourth-order valence-corrected chi connectivity index (χ4v) is 3.48. The molecule has 0 radical (unpaired) electrons. The first-order valence-electron chi connectivity index (χ1n) is 9.79. The molecule has 0 bridgehead atoms. The van der Waals surface area contributed by atoms with Crippen molar-refractivity contribution in [3.63, 3.8) is 0 Å². The molecule has 3 aromatic rings. The van der Waals surface area contributed by atoms with Crippen molar-refractivity contribution in [1.82, 2.24) is 15.3 Å². The number of pyridine rings is 1. The number of aromatic amines is 1. The van der Waals surface area contributed by atoms with E-state index >= 15 is 0 Å². The zero-order valence-corrected chi connectivity index (χ0v) is 16.4. The molecule has 3 heterocycles. The molecule has 0 unspecified atom stereocenters. The molecule has 4 rings (SSSR count). The van der Waals surface area contributed by atoms with Gasteiger partial charge in [0.2, 0.25) is 0 Å². The Morgan fingerprint density at radius 3 is 2.93 bits per heavy atom. The minimum Gasteiger partial charge on any atom is -0.496 e. The van der Waals surface area contributed by atoms with Gasteiger partial charge in [0.15, 0.2) is 0 Å². The summed E-state index contributed by atoms with van der Waals surface area (Å²) in [5, 5.41) is 3.87. The van der Waals surface area contributed by atoms with Gasteiger partial charge in [0.1, 0.15) is 11.4 Å². The van der Waals surface area contributed by atoms with Gasteiger partial charge >= 0.3 is 0 Å². The van der Waals surface area contributed by atoms with Gasteiger partial charge in [-0.05, 0) is 42.7 Å². The summed E-state index contributed by atoms with van der Waals surface area (Å²) in [4.78, 5) is 19.7. The number of rotatable bonds is 7. The summed E-state index contributed by atoms with van der Waals surface area (Å²) in [5.74, 6) is 0.632. The zero-order valence-electron chi connectivity index (χ0n) is 16.4. The summed E-state index contributed by atoms with van der Waals surface area (Å²) in [7, 11) is 1.65. The number of carbonyl (C=O) groups is 1. The van der Waals surface area contributed by atoms with Crippen LogP contribution in [0.4, 0.5) is 0 Å². The van der Waals surface area contributed by atoms with Crippen LogP contribution in [-0.4, -0.2) is 42.3 Å². The van der Waals surface area contributed by atoms with E-state index in [9.17, 15) is 4.79 Å². The Kier molecular flexibility index (Phi) is 6.07. The Balaban J connectivity index is 1.39. The molecule has 1 saturated heterocycles. The number of fused-ring (bicyclic) bond motifs is 1. The average Bonchev–Trinajstić information content (AvgIpc) is 3.21. The van der Waals surface area contributed by atoms with E-state index in [0.717, 1.165) is 53.8 Å². The van der Waals surface area contributed by atoms with E-state index in [1.165, 1.54) is 0 Å². The van der Waals surface area contributed by atoms with E-state index in [-0.39, 0.29) is 12.0 Å². The number of amides is 1. The molecule has 7 nitrogen and oxygen atoms in total. The van der Waals surface area contributed by atoms with Crippen LogP contribution in [0.15, 0.2) is 42.7 Å². The lowest BCUT2D eigenvalue weighted by Gasteiger charge is -2.23. The van der Waals surface area contributed by atoms with Crippen LogP contribution in [0.1, 0.15) is 34.5 Å². The number of carbonyl (C=O) groups excluding carboxylic acids is 1. The van der Waals surface area contributed by atoms with Crippen LogP contribution in [0, 0.1) is 0 Å². The molecule has 1 aliphatic heterocycles. The van der Waals surface area contributed by atoms with Gasteiger partial charge in [-0.2, -0.15) is 0 Å². The van der Waals surface area contributed by atoms with Gasteiger partial charge in [0.25, 0.3) is 5.91 Å². The normalized spacial score (nSPS) is 14.8. The number of hydrogen-bond donors (Lipinski definition) is 2. The van der Waals surface area contributed by atoms with Crippen molar-refractivity contribution in [2.24, 2.45) is 0 Å². The lowest BCUT2D eigenvalue weighted by molar-refractivity contribution is -0.0394. The third kappa shape index (κ3) is 4.75. The fraction of sp³-hybridized carbons (Fsp3) is 0.364. The van der Waals surface area contributed by atoms with Crippen molar-refractivity contribution in [3.8, 4) is 5.75 Å². The molecule has 152 valence electrons. The van der Waals surface area contributed by atoms with Crippen LogP contribution in [0.25, 0.3) is 10.9 Å². The Bertz CT molecular complexity index is 946. The van der Waals surface area contributed by atoms with Gasteiger partial charge in [-0.25, -0.2) is 0 Å². The van der Waals surface area contributed by atoms with E-state index in [0.29, 0.717) is 18.8 Å². The van der Waals surface area contributed by atoms with Crippen molar-refractivity contribution < 1.29 is 19.0 Å². The molecule has 7 heteroatoms. The summed E-state index contributed by atoms with van der Waals surface area (Å²) in [6, 6.07) is 9.54. The van der Waals surface area contributed by atoms with Crippen molar-refractivity contribution in [2.45, 2.75) is 32.1 Å². The second-order valence-corrected chi connectivity index (χ2v) is 7.10. The largest absolute Gasteiger partial charge is 0.496 e. The van der Waals surface area contributed by atoms with Crippen LogP contribution in [0.2, 0.25) is 0 Å². The van der Waals surface area contributed by atoms with E-state index in [2.05, 4.69) is 15.3 Å². The Morgan fingerprint density at radius 1 is 1.28 bits per heavy atom. The second-order valence-electron chi connectivity index (χ2n) is 7.10. The highest BCUT2D eigenvalue weighted by Gasteiger charge is 2.16. The maximum atomic E-state index is 12.5. The Hall–Kier alpha value is -2.90. The van der Waals surface area contributed by atoms with Crippen molar-refractivity contribution in [3.05, 3.63) is 59.5 Å². The summed E-state index contributed by atoms with van der Waals surface area (Å²) >= 11 is 0. The highest BCUT2D eigenvalue weighted by molar-refractivity contribution is 5.97. The number of hydrogen-bond acceptors (Lipinski definition) is 5. The molecular formula is C22H25N3O4.